The van der Waals surface area contributed by atoms with Gasteiger partial charge in [-0.2, -0.15) is 0 Å². The van der Waals surface area contributed by atoms with Crippen molar-refractivity contribution in [3.63, 3.8) is 0 Å². The summed E-state index contributed by atoms with van der Waals surface area (Å²) in [5.74, 6) is 2.42. The first-order valence-corrected chi connectivity index (χ1v) is 9.66. The fraction of sp³-hybridized carbons (Fsp3) is 0.800. The van der Waals surface area contributed by atoms with Gasteiger partial charge in [-0.25, -0.2) is 9.59 Å². The second-order valence-corrected chi connectivity index (χ2v) is 6.85. The minimum atomic E-state index is -0.200. The van der Waals surface area contributed by atoms with E-state index in [0.717, 1.165) is 11.5 Å². The Labute approximate surface area is 137 Å². The van der Waals surface area contributed by atoms with Crippen LogP contribution in [0.3, 0.4) is 0 Å². The molecule has 0 radical (unpaired) electrons. The molecule has 4 amide bonds. The van der Waals surface area contributed by atoms with Crippen molar-refractivity contribution in [3.8, 4) is 0 Å². The van der Waals surface area contributed by atoms with Crippen LogP contribution in [-0.4, -0.2) is 61.5 Å². The Bertz CT molecular complexity index is 250. The topological polar surface area (TPSA) is 82.3 Å². The van der Waals surface area contributed by atoms with E-state index in [2.05, 4.69) is 21.3 Å². The van der Waals surface area contributed by atoms with Crippen LogP contribution in [0.1, 0.15) is 0 Å². The number of carbonyl (C=O) groups is 2. The van der Waals surface area contributed by atoms with Crippen molar-refractivity contribution in [2.75, 3.05) is 49.4 Å². The lowest BCUT2D eigenvalue weighted by atomic mass is 10.7. The van der Waals surface area contributed by atoms with Gasteiger partial charge >= 0.3 is 12.1 Å². The molecule has 0 heterocycles. The molecule has 0 aliphatic carbocycles. The summed E-state index contributed by atoms with van der Waals surface area (Å²) in [6.07, 6.45) is 0. The smallest absolute Gasteiger partial charge is 0.314 e. The molecule has 20 heavy (non-hydrogen) atoms. The Kier molecular flexibility index (Phi) is 15.1. The Morgan fingerprint density at radius 3 is 1.40 bits per heavy atom. The van der Waals surface area contributed by atoms with Crippen molar-refractivity contribution in [1.29, 1.82) is 0 Å². The molecule has 118 valence electrons. The van der Waals surface area contributed by atoms with Crippen LogP contribution in [-0.2, 0) is 0 Å². The number of halogens is 2. The molecule has 0 fully saturated rings. The highest BCUT2D eigenvalue weighted by molar-refractivity contribution is 8.76. The lowest BCUT2D eigenvalue weighted by Gasteiger charge is -2.07. The molecule has 0 spiro atoms. The normalized spacial score (nSPS) is 9.90. The van der Waals surface area contributed by atoms with Gasteiger partial charge < -0.3 is 21.3 Å². The Balaban J connectivity index is 3.20. The number of amides is 4. The lowest BCUT2D eigenvalue weighted by molar-refractivity contribution is 0.241. The van der Waals surface area contributed by atoms with E-state index in [9.17, 15) is 9.59 Å². The third-order valence-electron chi connectivity index (χ3n) is 1.79. The van der Waals surface area contributed by atoms with E-state index in [0.29, 0.717) is 37.9 Å². The van der Waals surface area contributed by atoms with Gasteiger partial charge in [0.1, 0.15) is 0 Å². The van der Waals surface area contributed by atoms with E-state index < -0.39 is 0 Å². The third-order valence-corrected chi connectivity index (χ3v) is 4.57. The second-order valence-electron chi connectivity index (χ2n) is 3.39. The molecule has 0 saturated heterocycles. The largest absolute Gasteiger partial charge is 0.337 e. The minimum Gasteiger partial charge on any atom is -0.337 e. The quantitative estimate of drug-likeness (QED) is 0.254. The number of alkyl halides is 2. The maximum Gasteiger partial charge on any atom is 0.314 e. The molecule has 0 aliphatic rings. The van der Waals surface area contributed by atoms with Crippen LogP contribution < -0.4 is 21.3 Å². The van der Waals surface area contributed by atoms with E-state index in [1.807, 2.05) is 0 Å². The standard InChI is InChI=1S/C10H20Cl2N4O2S2/c11-1-3-13-9(17)15-5-7-19-20-8-6-16-10(18)14-4-2-12/h1-8H2,(H2,13,15,17)(H2,14,16,18). The Morgan fingerprint density at radius 1 is 0.700 bits per heavy atom. The number of carbonyl (C=O) groups excluding carboxylic acids is 2. The molecule has 0 aromatic carbocycles. The maximum absolute atomic E-state index is 11.1. The van der Waals surface area contributed by atoms with Crippen molar-refractivity contribution < 1.29 is 9.59 Å². The fourth-order valence-electron chi connectivity index (χ4n) is 0.977. The Morgan fingerprint density at radius 2 is 1.05 bits per heavy atom. The van der Waals surface area contributed by atoms with E-state index >= 15 is 0 Å². The number of hydrogen-bond donors (Lipinski definition) is 4. The highest BCUT2D eigenvalue weighted by Gasteiger charge is 1.99. The van der Waals surface area contributed by atoms with Crippen LogP contribution in [0.5, 0.6) is 0 Å². The zero-order valence-electron chi connectivity index (χ0n) is 11.0. The number of hydrogen-bond acceptors (Lipinski definition) is 4. The van der Waals surface area contributed by atoms with E-state index in [1.165, 1.54) is 0 Å². The molecule has 0 aromatic heterocycles. The highest BCUT2D eigenvalue weighted by atomic mass is 35.5. The summed E-state index contributed by atoms with van der Waals surface area (Å²) in [6, 6.07) is -0.400. The maximum atomic E-state index is 11.1. The molecule has 0 aliphatic heterocycles. The van der Waals surface area contributed by atoms with Crippen molar-refractivity contribution in [1.82, 2.24) is 21.3 Å². The summed E-state index contributed by atoms with van der Waals surface area (Å²) in [5, 5.41) is 10.7. The van der Waals surface area contributed by atoms with Gasteiger partial charge in [0.05, 0.1) is 0 Å². The number of urea groups is 2. The molecule has 10 heteroatoms. The van der Waals surface area contributed by atoms with Crippen molar-refractivity contribution in [3.05, 3.63) is 0 Å². The molecule has 0 unspecified atom stereocenters. The molecule has 0 atom stereocenters. The average molecular weight is 363 g/mol. The van der Waals surface area contributed by atoms with Crippen LogP contribution >= 0.6 is 44.8 Å². The van der Waals surface area contributed by atoms with Crippen molar-refractivity contribution in [2.24, 2.45) is 0 Å². The zero-order chi connectivity index (χ0) is 15.1. The van der Waals surface area contributed by atoms with Gasteiger partial charge in [-0.05, 0) is 0 Å². The SMILES string of the molecule is O=C(NCCCl)NCCSSCCNC(=O)NCCCl. The Hall–Kier alpha value is -0.180. The lowest BCUT2D eigenvalue weighted by Crippen LogP contribution is -2.37. The predicted octanol–water partition coefficient (Wildman–Crippen LogP) is 1.44. The number of nitrogens with one attached hydrogen (secondary N) is 4. The molecule has 0 rings (SSSR count). The first-order chi connectivity index (χ1) is 9.70. The molecule has 4 N–H and O–H groups in total. The van der Waals surface area contributed by atoms with Crippen LogP contribution in [0, 0.1) is 0 Å². The summed E-state index contributed by atoms with van der Waals surface area (Å²) in [4.78, 5) is 22.3. The van der Waals surface area contributed by atoms with Crippen LogP contribution in [0.4, 0.5) is 9.59 Å². The fourth-order valence-corrected chi connectivity index (χ4v) is 2.98. The minimum absolute atomic E-state index is 0.200. The van der Waals surface area contributed by atoms with Gasteiger partial charge in [-0.1, -0.05) is 21.6 Å². The number of rotatable bonds is 11. The van der Waals surface area contributed by atoms with Gasteiger partial charge in [0.25, 0.3) is 0 Å². The summed E-state index contributed by atoms with van der Waals surface area (Å²) in [7, 11) is 3.29. The second kappa shape index (κ2) is 15.2. The molecule has 6 nitrogen and oxygen atoms in total. The monoisotopic (exact) mass is 362 g/mol. The highest BCUT2D eigenvalue weighted by Crippen LogP contribution is 2.19. The first kappa shape index (κ1) is 19.8. The summed E-state index contributed by atoms with van der Waals surface area (Å²) in [5.41, 5.74) is 0. The van der Waals surface area contributed by atoms with Crippen LogP contribution in [0.2, 0.25) is 0 Å². The van der Waals surface area contributed by atoms with Gasteiger partial charge in [-0.3, -0.25) is 0 Å². The van der Waals surface area contributed by atoms with E-state index in [1.54, 1.807) is 21.6 Å². The first-order valence-electron chi connectivity index (χ1n) is 6.10. The molecule has 0 bridgehead atoms. The van der Waals surface area contributed by atoms with Crippen molar-refractivity contribution in [2.45, 2.75) is 0 Å². The molecular weight excluding hydrogens is 343 g/mol. The van der Waals surface area contributed by atoms with Crippen LogP contribution in [0.15, 0.2) is 0 Å². The molecule has 0 aromatic rings. The van der Waals surface area contributed by atoms with Gasteiger partial charge in [0.2, 0.25) is 0 Å². The third kappa shape index (κ3) is 14.2. The van der Waals surface area contributed by atoms with Crippen LogP contribution in [0.25, 0.3) is 0 Å². The van der Waals surface area contributed by atoms with E-state index in [4.69, 9.17) is 23.2 Å². The van der Waals surface area contributed by atoms with Gasteiger partial charge in [0, 0.05) is 49.4 Å². The van der Waals surface area contributed by atoms with E-state index in [-0.39, 0.29) is 12.1 Å². The summed E-state index contributed by atoms with van der Waals surface area (Å²) in [6.45, 7) is 2.12. The summed E-state index contributed by atoms with van der Waals surface area (Å²) < 4.78 is 0. The molecule has 0 saturated carbocycles. The average Bonchev–Trinajstić information content (AvgIpc) is 2.45. The zero-order valence-corrected chi connectivity index (χ0v) is 14.2. The van der Waals surface area contributed by atoms with Gasteiger partial charge in [0.15, 0.2) is 0 Å². The predicted molar refractivity (Wildman–Crippen MR) is 89.2 cm³/mol. The molecular formula is C10H20Cl2N4O2S2. The summed E-state index contributed by atoms with van der Waals surface area (Å²) >= 11 is 10.9. The van der Waals surface area contributed by atoms with Crippen molar-refractivity contribution >= 4 is 56.9 Å². The van der Waals surface area contributed by atoms with Gasteiger partial charge in [-0.15, -0.1) is 23.2 Å².